The Bertz CT molecular complexity index is 643. The molecule has 4 nitrogen and oxygen atoms in total. The number of carbonyl (C=O) groups is 2. The van der Waals surface area contributed by atoms with Crippen LogP contribution in [0.2, 0.25) is 0 Å². The lowest BCUT2D eigenvalue weighted by Crippen LogP contribution is -2.19. The van der Waals surface area contributed by atoms with Crippen LogP contribution in [-0.4, -0.2) is 16.5 Å². The van der Waals surface area contributed by atoms with E-state index in [2.05, 4.69) is 21.2 Å². The Morgan fingerprint density at radius 3 is 2.52 bits per heavy atom. The van der Waals surface area contributed by atoms with Gasteiger partial charge in [0.1, 0.15) is 5.76 Å². The summed E-state index contributed by atoms with van der Waals surface area (Å²) in [6, 6.07) is 10.3. The first-order chi connectivity index (χ1) is 10.1. The molecule has 2 rings (SSSR count). The number of alkyl halides is 1. The number of halogens is 1. The third kappa shape index (κ3) is 4.43. The van der Waals surface area contributed by atoms with Crippen molar-refractivity contribution in [3.63, 3.8) is 0 Å². The molecule has 0 aliphatic heterocycles. The van der Waals surface area contributed by atoms with Crippen LogP contribution in [0.5, 0.6) is 0 Å². The van der Waals surface area contributed by atoms with Gasteiger partial charge in [-0.1, -0.05) is 15.9 Å². The van der Waals surface area contributed by atoms with Crippen molar-refractivity contribution in [2.24, 2.45) is 0 Å². The summed E-state index contributed by atoms with van der Waals surface area (Å²) in [7, 11) is 0. The van der Waals surface area contributed by atoms with E-state index in [1.807, 2.05) is 0 Å². The molecule has 5 heteroatoms. The molecule has 0 aliphatic carbocycles. The van der Waals surface area contributed by atoms with Crippen molar-refractivity contribution in [2.75, 3.05) is 5.32 Å². The second-order valence-electron chi connectivity index (χ2n) is 4.40. The van der Waals surface area contributed by atoms with E-state index in [0.29, 0.717) is 17.0 Å². The van der Waals surface area contributed by atoms with E-state index in [9.17, 15) is 9.59 Å². The second kappa shape index (κ2) is 7.04. The molecule has 1 atom stereocenters. The summed E-state index contributed by atoms with van der Waals surface area (Å²) in [4.78, 5) is 23.2. The second-order valence-corrected chi connectivity index (χ2v) is 5.77. The Hall–Kier alpha value is -2.14. The van der Waals surface area contributed by atoms with Gasteiger partial charge in [0.2, 0.25) is 5.91 Å². The number of hydrogen-bond donors (Lipinski definition) is 1. The van der Waals surface area contributed by atoms with Gasteiger partial charge in [-0.05, 0) is 55.5 Å². The molecule has 0 saturated heterocycles. The van der Waals surface area contributed by atoms with Crippen LogP contribution in [0.1, 0.15) is 23.0 Å². The number of carbonyl (C=O) groups excluding carboxylic acids is 2. The summed E-state index contributed by atoms with van der Waals surface area (Å²) in [6.45, 7) is 1.74. The van der Waals surface area contributed by atoms with Crippen molar-refractivity contribution in [3.05, 3.63) is 60.1 Å². The Morgan fingerprint density at radius 1 is 1.24 bits per heavy atom. The predicted octanol–water partition coefficient (Wildman–Crippen LogP) is 3.90. The first kappa shape index (κ1) is 15.3. The average Bonchev–Trinajstić information content (AvgIpc) is 2.98. The highest BCUT2D eigenvalue weighted by Crippen LogP contribution is 2.13. The van der Waals surface area contributed by atoms with Crippen molar-refractivity contribution in [1.29, 1.82) is 0 Å². The molecule has 0 aliphatic rings. The zero-order valence-electron chi connectivity index (χ0n) is 11.4. The van der Waals surface area contributed by atoms with Gasteiger partial charge in [-0.2, -0.15) is 0 Å². The van der Waals surface area contributed by atoms with Crippen LogP contribution >= 0.6 is 15.9 Å². The normalized spacial score (nSPS) is 12.3. The fraction of sp³-hybridized carbons (Fsp3) is 0.125. The molecule has 1 aromatic heterocycles. The number of nitrogens with one attached hydrogen (secondary N) is 1. The van der Waals surface area contributed by atoms with Gasteiger partial charge in [0.05, 0.1) is 11.1 Å². The van der Waals surface area contributed by atoms with Crippen LogP contribution < -0.4 is 5.32 Å². The van der Waals surface area contributed by atoms with E-state index in [0.717, 1.165) is 0 Å². The number of amides is 1. The largest absolute Gasteiger partial charge is 0.465 e. The molecule has 0 fully saturated rings. The molecule has 1 N–H and O–H groups in total. The minimum atomic E-state index is -0.268. The highest BCUT2D eigenvalue weighted by atomic mass is 79.9. The van der Waals surface area contributed by atoms with E-state index >= 15 is 0 Å². The predicted molar refractivity (Wildman–Crippen MR) is 85.5 cm³/mol. The summed E-state index contributed by atoms with van der Waals surface area (Å²) < 4.78 is 5.11. The first-order valence-electron chi connectivity index (χ1n) is 6.37. The van der Waals surface area contributed by atoms with Crippen LogP contribution in [0.15, 0.2) is 53.2 Å². The van der Waals surface area contributed by atoms with E-state index in [4.69, 9.17) is 4.42 Å². The Labute approximate surface area is 131 Å². The number of anilines is 1. The minimum absolute atomic E-state index is 0.127. The number of benzene rings is 1. The van der Waals surface area contributed by atoms with Crippen molar-refractivity contribution >= 4 is 39.4 Å². The third-order valence-electron chi connectivity index (χ3n) is 2.74. The first-order valence-corrected chi connectivity index (χ1v) is 7.29. The molecule has 0 radical (unpaired) electrons. The Morgan fingerprint density at radius 2 is 1.95 bits per heavy atom. The lowest BCUT2D eigenvalue weighted by atomic mass is 10.1. The standard InChI is InChI=1S/C16H14BrNO3/c1-11(17)16(20)18-13-6-4-12(5-7-13)15(19)9-8-14-3-2-10-21-14/h2-11H,1H3,(H,18,20)/b9-8+. The molecular weight excluding hydrogens is 334 g/mol. The minimum Gasteiger partial charge on any atom is -0.465 e. The van der Waals surface area contributed by atoms with Crippen LogP contribution in [0.4, 0.5) is 5.69 Å². The zero-order valence-corrected chi connectivity index (χ0v) is 13.0. The van der Waals surface area contributed by atoms with Crippen LogP contribution in [0.25, 0.3) is 6.08 Å². The highest BCUT2D eigenvalue weighted by molar-refractivity contribution is 9.10. The SMILES string of the molecule is CC(Br)C(=O)Nc1ccc(C(=O)/C=C/c2ccco2)cc1. The van der Waals surface area contributed by atoms with Crippen molar-refractivity contribution in [2.45, 2.75) is 11.8 Å². The quantitative estimate of drug-likeness (QED) is 0.507. The van der Waals surface area contributed by atoms with Gasteiger partial charge in [0, 0.05) is 11.3 Å². The monoisotopic (exact) mass is 347 g/mol. The van der Waals surface area contributed by atoms with E-state index < -0.39 is 0 Å². The number of allylic oxidation sites excluding steroid dienone is 1. The van der Waals surface area contributed by atoms with Crippen molar-refractivity contribution in [1.82, 2.24) is 0 Å². The van der Waals surface area contributed by atoms with Crippen LogP contribution in [0.3, 0.4) is 0 Å². The third-order valence-corrected chi connectivity index (χ3v) is 3.16. The lowest BCUT2D eigenvalue weighted by molar-refractivity contribution is -0.115. The summed E-state index contributed by atoms with van der Waals surface area (Å²) in [5.74, 6) is 0.364. The zero-order chi connectivity index (χ0) is 15.2. The molecular formula is C16H14BrNO3. The Balaban J connectivity index is 2.01. The molecule has 1 aromatic carbocycles. The molecule has 1 heterocycles. The maximum absolute atomic E-state index is 12.0. The molecule has 1 amide bonds. The number of rotatable bonds is 5. The summed E-state index contributed by atoms with van der Waals surface area (Å²) in [5, 5.41) is 2.73. The fourth-order valence-electron chi connectivity index (χ4n) is 1.60. The molecule has 21 heavy (non-hydrogen) atoms. The molecule has 1 unspecified atom stereocenters. The number of hydrogen-bond acceptors (Lipinski definition) is 3. The van der Waals surface area contributed by atoms with Gasteiger partial charge < -0.3 is 9.73 Å². The number of ketones is 1. The topological polar surface area (TPSA) is 59.3 Å². The highest BCUT2D eigenvalue weighted by Gasteiger charge is 2.09. The summed E-state index contributed by atoms with van der Waals surface area (Å²) >= 11 is 3.19. The average molecular weight is 348 g/mol. The Kier molecular flexibility index (Phi) is 5.11. The van der Waals surface area contributed by atoms with Gasteiger partial charge in [-0.3, -0.25) is 9.59 Å². The van der Waals surface area contributed by atoms with Crippen molar-refractivity contribution in [3.8, 4) is 0 Å². The smallest absolute Gasteiger partial charge is 0.237 e. The molecule has 108 valence electrons. The summed E-state index contributed by atoms with van der Waals surface area (Å²) in [5.41, 5.74) is 1.19. The molecule has 0 spiro atoms. The van der Waals surface area contributed by atoms with E-state index in [1.165, 1.54) is 6.08 Å². The van der Waals surface area contributed by atoms with E-state index in [1.54, 1.807) is 55.7 Å². The molecule has 2 aromatic rings. The van der Waals surface area contributed by atoms with Gasteiger partial charge >= 0.3 is 0 Å². The number of furan rings is 1. The van der Waals surface area contributed by atoms with Crippen LogP contribution in [-0.2, 0) is 4.79 Å². The fourth-order valence-corrected chi connectivity index (χ4v) is 1.71. The van der Waals surface area contributed by atoms with Gasteiger partial charge in [0.25, 0.3) is 0 Å². The van der Waals surface area contributed by atoms with Gasteiger partial charge in [-0.15, -0.1) is 0 Å². The molecule has 0 saturated carbocycles. The lowest BCUT2D eigenvalue weighted by Gasteiger charge is -2.06. The van der Waals surface area contributed by atoms with Crippen molar-refractivity contribution < 1.29 is 14.0 Å². The maximum atomic E-state index is 12.0. The maximum Gasteiger partial charge on any atom is 0.237 e. The van der Waals surface area contributed by atoms with Gasteiger partial charge in [0.15, 0.2) is 5.78 Å². The van der Waals surface area contributed by atoms with Crippen LogP contribution in [0, 0.1) is 0 Å². The van der Waals surface area contributed by atoms with Gasteiger partial charge in [-0.25, -0.2) is 0 Å². The van der Waals surface area contributed by atoms with E-state index in [-0.39, 0.29) is 16.5 Å². The summed E-state index contributed by atoms with van der Waals surface area (Å²) in [6.07, 6.45) is 4.62. The molecule has 0 bridgehead atoms.